The quantitative estimate of drug-likeness (QED) is 0.585. The molecule has 1 aliphatic heterocycles. The highest BCUT2D eigenvalue weighted by molar-refractivity contribution is 5.79. The normalized spacial score (nSPS) is 17.0. The highest BCUT2D eigenvalue weighted by Crippen LogP contribution is 2.32. The second-order valence-electron chi connectivity index (χ2n) is 7.36. The molecular weight excluding hydrogens is 395 g/mol. The van der Waals surface area contributed by atoms with Gasteiger partial charge in [0.05, 0.1) is 11.5 Å². The van der Waals surface area contributed by atoms with Crippen molar-refractivity contribution < 1.29 is 22.5 Å². The Labute approximate surface area is 171 Å². The predicted octanol–water partition coefficient (Wildman–Crippen LogP) is 4.70. The van der Waals surface area contributed by atoms with E-state index in [-0.39, 0.29) is 17.6 Å². The van der Waals surface area contributed by atoms with Crippen LogP contribution in [-0.2, 0) is 17.4 Å². The topological polar surface area (TPSA) is 59.2 Å². The van der Waals surface area contributed by atoms with Gasteiger partial charge < -0.3 is 9.42 Å². The molecule has 1 aliphatic rings. The number of carbonyl (C=O) groups is 1. The van der Waals surface area contributed by atoms with Crippen molar-refractivity contribution in [1.82, 2.24) is 15.0 Å². The highest BCUT2D eigenvalue weighted by atomic mass is 19.4. The Morgan fingerprint density at radius 2 is 1.80 bits per heavy atom. The summed E-state index contributed by atoms with van der Waals surface area (Å²) in [5.74, 6) is 0.393. The number of carbonyl (C=O) groups excluding carboxylic acids is 1. The summed E-state index contributed by atoms with van der Waals surface area (Å²) < 4.78 is 43.4. The largest absolute Gasteiger partial charge is 0.416 e. The number of likely N-dealkylation sites (tertiary alicyclic amines) is 1. The number of amides is 1. The van der Waals surface area contributed by atoms with E-state index in [4.69, 9.17) is 4.52 Å². The summed E-state index contributed by atoms with van der Waals surface area (Å²) in [6, 6.07) is 14.7. The summed E-state index contributed by atoms with van der Waals surface area (Å²) in [5.41, 5.74) is 0.934. The van der Waals surface area contributed by atoms with Crippen LogP contribution in [0.3, 0.4) is 0 Å². The van der Waals surface area contributed by atoms with E-state index in [0.29, 0.717) is 31.0 Å². The molecule has 1 amide bonds. The molecule has 156 valence electrons. The number of rotatable bonds is 6. The molecule has 2 aromatic carbocycles. The van der Waals surface area contributed by atoms with E-state index in [1.165, 1.54) is 17.7 Å². The molecule has 8 heteroatoms. The third kappa shape index (κ3) is 4.53. The number of alkyl halides is 3. The van der Waals surface area contributed by atoms with Crippen molar-refractivity contribution in [2.24, 2.45) is 0 Å². The molecule has 0 saturated carbocycles. The molecule has 30 heavy (non-hydrogen) atoms. The third-order valence-electron chi connectivity index (χ3n) is 5.21. The smallest absolute Gasteiger partial charge is 0.342 e. The molecule has 4 rings (SSSR count). The molecule has 3 aromatic rings. The van der Waals surface area contributed by atoms with Gasteiger partial charge in [-0.1, -0.05) is 47.6 Å². The van der Waals surface area contributed by atoms with Gasteiger partial charge in [-0.2, -0.15) is 18.2 Å². The zero-order valence-corrected chi connectivity index (χ0v) is 16.1. The maximum Gasteiger partial charge on any atom is 0.416 e. The number of halogens is 3. The second kappa shape index (κ2) is 8.30. The van der Waals surface area contributed by atoms with Gasteiger partial charge in [0.1, 0.15) is 0 Å². The monoisotopic (exact) mass is 415 g/mol. The van der Waals surface area contributed by atoms with Crippen LogP contribution < -0.4 is 0 Å². The molecule has 1 unspecified atom stereocenters. The molecule has 0 N–H and O–H groups in total. The zero-order valence-electron chi connectivity index (χ0n) is 16.1. The number of aryl methyl sites for hydroxylation is 1. The lowest BCUT2D eigenvalue weighted by Gasteiger charge is -2.15. The van der Waals surface area contributed by atoms with E-state index in [1.807, 2.05) is 18.2 Å². The molecule has 1 atom stereocenters. The lowest BCUT2D eigenvalue weighted by atomic mass is 10.1. The van der Waals surface area contributed by atoms with Crippen molar-refractivity contribution in [1.29, 1.82) is 0 Å². The van der Waals surface area contributed by atoms with Crippen molar-refractivity contribution >= 4 is 5.91 Å². The summed E-state index contributed by atoms with van der Waals surface area (Å²) in [4.78, 5) is 18.5. The van der Waals surface area contributed by atoms with Crippen LogP contribution in [0.1, 0.15) is 35.8 Å². The molecule has 0 radical (unpaired) electrons. The van der Waals surface area contributed by atoms with Gasteiger partial charge in [-0.15, -0.1) is 0 Å². The fourth-order valence-electron chi connectivity index (χ4n) is 3.60. The van der Waals surface area contributed by atoms with Crippen molar-refractivity contribution in [3.63, 3.8) is 0 Å². The highest BCUT2D eigenvalue weighted by Gasteiger charge is 2.34. The van der Waals surface area contributed by atoms with Crippen LogP contribution in [0.2, 0.25) is 0 Å². The fraction of sp³-hybridized carbons (Fsp3) is 0.318. The Hall–Kier alpha value is -3.16. The second-order valence-corrected chi connectivity index (χ2v) is 7.36. The number of aromatic nitrogens is 2. The average molecular weight is 415 g/mol. The van der Waals surface area contributed by atoms with Gasteiger partial charge in [-0.05, 0) is 30.5 Å². The minimum Gasteiger partial charge on any atom is -0.342 e. The van der Waals surface area contributed by atoms with E-state index in [9.17, 15) is 18.0 Å². The van der Waals surface area contributed by atoms with Crippen LogP contribution in [0.15, 0.2) is 59.1 Å². The van der Waals surface area contributed by atoms with Gasteiger partial charge in [-0.25, -0.2) is 0 Å². The minimum absolute atomic E-state index is 0.0438. The summed E-state index contributed by atoms with van der Waals surface area (Å²) in [6.45, 7) is 1.16. The summed E-state index contributed by atoms with van der Waals surface area (Å²) >= 11 is 0. The minimum atomic E-state index is -4.39. The van der Waals surface area contributed by atoms with E-state index in [1.54, 1.807) is 4.90 Å². The number of hydrogen-bond donors (Lipinski definition) is 0. The maximum absolute atomic E-state index is 12.7. The fourth-order valence-corrected chi connectivity index (χ4v) is 3.60. The Morgan fingerprint density at radius 1 is 1.07 bits per heavy atom. The number of hydrogen-bond acceptors (Lipinski definition) is 4. The van der Waals surface area contributed by atoms with Crippen LogP contribution in [0.25, 0.3) is 11.4 Å². The van der Waals surface area contributed by atoms with E-state index in [2.05, 4.69) is 22.3 Å². The first kappa shape index (κ1) is 20.1. The van der Waals surface area contributed by atoms with Gasteiger partial charge in [0, 0.05) is 25.1 Å². The van der Waals surface area contributed by atoms with Gasteiger partial charge >= 0.3 is 6.18 Å². The van der Waals surface area contributed by atoms with E-state index < -0.39 is 11.7 Å². The molecule has 0 spiro atoms. The van der Waals surface area contributed by atoms with Crippen molar-refractivity contribution in [3.05, 3.63) is 71.6 Å². The zero-order chi connectivity index (χ0) is 21.1. The molecule has 2 heterocycles. The predicted molar refractivity (Wildman–Crippen MR) is 103 cm³/mol. The molecule has 0 bridgehead atoms. The lowest BCUT2D eigenvalue weighted by Crippen LogP contribution is -2.26. The van der Waals surface area contributed by atoms with E-state index in [0.717, 1.165) is 25.0 Å². The molecule has 0 aliphatic carbocycles. The van der Waals surface area contributed by atoms with Gasteiger partial charge in [0.15, 0.2) is 0 Å². The first-order valence-corrected chi connectivity index (χ1v) is 9.73. The number of benzene rings is 2. The SMILES string of the molecule is O=C1CC(c2nc(-c3ccc(C(F)(F)F)cc3)no2)CN1CCCc1ccccc1. The van der Waals surface area contributed by atoms with Crippen molar-refractivity contribution in [2.75, 3.05) is 13.1 Å². The summed E-state index contributed by atoms with van der Waals surface area (Å²) in [5, 5.41) is 3.88. The van der Waals surface area contributed by atoms with Crippen LogP contribution in [0.4, 0.5) is 13.2 Å². The molecule has 1 saturated heterocycles. The molecule has 1 fully saturated rings. The average Bonchev–Trinajstić information content (AvgIpc) is 3.36. The van der Waals surface area contributed by atoms with Gasteiger partial charge in [0.2, 0.25) is 17.6 Å². The lowest BCUT2D eigenvalue weighted by molar-refractivity contribution is -0.137. The Bertz CT molecular complexity index is 1000. The first-order valence-electron chi connectivity index (χ1n) is 9.73. The van der Waals surface area contributed by atoms with Crippen LogP contribution in [0.5, 0.6) is 0 Å². The maximum atomic E-state index is 12.7. The van der Waals surface area contributed by atoms with Gasteiger partial charge in [-0.3, -0.25) is 4.79 Å². The third-order valence-corrected chi connectivity index (χ3v) is 5.21. The standard InChI is InChI=1S/C22H20F3N3O2/c23-22(24,25)18-10-8-16(9-11-18)20-26-21(30-27-20)17-13-19(29)28(14-17)12-4-7-15-5-2-1-3-6-15/h1-3,5-6,8-11,17H,4,7,12-14H2. The Balaban J connectivity index is 1.36. The molecule has 1 aromatic heterocycles. The Kier molecular flexibility index (Phi) is 5.57. The van der Waals surface area contributed by atoms with Crippen LogP contribution in [0, 0.1) is 0 Å². The Morgan fingerprint density at radius 3 is 2.50 bits per heavy atom. The van der Waals surface area contributed by atoms with Gasteiger partial charge in [0.25, 0.3) is 0 Å². The molecular formula is C22H20F3N3O2. The van der Waals surface area contributed by atoms with Crippen LogP contribution in [-0.4, -0.2) is 34.0 Å². The first-order chi connectivity index (χ1) is 14.4. The number of nitrogens with zero attached hydrogens (tertiary/aromatic N) is 3. The van der Waals surface area contributed by atoms with Crippen LogP contribution >= 0.6 is 0 Å². The molecule has 5 nitrogen and oxygen atoms in total. The van der Waals surface area contributed by atoms with Crippen molar-refractivity contribution in [3.8, 4) is 11.4 Å². The van der Waals surface area contributed by atoms with Crippen molar-refractivity contribution in [2.45, 2.75) is 31.4 Å². The summed E-state index contributed by atoms with van der Waals surface area (Å²) in [7, 11) is 0. The van der Waals surface area contributed by atoms with E-state index >= 15 is 0 Å². The summed E-state index contributed by atoms with van der Waals surface area (Å²) in [6.07, 6.45) is -2.34.